The van der Waals surface area contributed by atoms with Crippen LogP contribution >= 0.6 is 11.6 Å². The fourth-order valence-electron chi connectivity index (χ4n) is 3.07. The van der Waals surface area contributed by atoms with E-state index in [1.165, 1.54) is 17.0 Å². The monoisotopic (exact) mass is 387 g/mol. The van der Waals surface area contributed by atoms with Crippen molar-refractivity contribution >= 4 is 40.5 Å². The van der Waals surface area contributed by atoms with Crippen LogP contribution in [0.4, 0.5) is 17.1 Å². The van der Waals surface area contributed by atoms with E-state index in [1.54, 1.807) is 25.1 Å². The van der Waals surface area contributed by atoms with Gasteiger partial charge in [-0.1, -0.05) is 23.7 Å². The Morgan fingerprint density at radius 1 is 1.30 bits per heavy atom. The molecule has 0 aliphatic carbocycles. The molecule has 27 heavy (non-hydrogen) atoms. The number of rotatable bonds is 4. The SMILES string of the molecule is Cc1ccc(N2CC(C(=O)Nc3cccc([N+](=O)[O-])c3C)CC2=O)cc1Cl. The predicted octanol–water partition coefficient (Wildman–Crippen LogP) is 3.86. The number of carbonyl (C=O) groups is 2. The first kappa shape index (κ1) is 18.8. The van der Waals surface area contributed by atoms with E-state index in [2.05, 4.69) is 5.32 Å². The molecule has 2 aromatic rings. The Labute approximate surface area is 161 Å². The Balaban J connectivity index is 1.75. The lowest BCUT2D eigenvalue weighted by atomic mass is 10.1. The average molecular weight is 388 g/mol. The number of hydrogen-bond donors (Lipinski definition) is 1. The average Bonchev–Trinajstić information content (AvgIpc) is 3.01. The standard InChI is InChI=1S/C19H18ClN3O4/c1-11-6-7-14(9-15(11)20)22-10-13(8-18(22)24)19(25)21-16-4-3-5-17(12(16)2)23(26)27/h3-7,9,13H,8,10H2,1-2H3,(H,21,25). The maximum Gasteiger partial charge on any atom is 0.274 e. The van der Waals surface area contributed by atoms with Gasteiger partial charge in [-0.25, -0.2) is 0 Å². The van der Waals surface area contributed by atoms with Gasteiger partial charge in [0.15, 0.2) is 0 Å². The lowest BCUT2D eigenvalue weighted by Crippen LogP contribution is -2.28. The van der Waals surface area contributed by atoms with Crippen molar-refractivity contribution in [2.24, 2.45) is 5.92 Å². The number of halogens is 1. The number of amides is 2. The molecule has 0 radical (unpaired) electrons. The van der Waals surface area contributed by atoms with E-state index < -0.39 is 10.8 Å². The van der Waals surface area contributed by atoms with Crippen molar-refractivity contribution in [3.8, 4) is 0 Å². The van der Waals surface area contributed by atoms with E-state index in [0.717, 1.165) is 5.56 Å². The Kier molecular flexibility index (Phi) is 5.14. The minimum Gasteiger partial charge on any atom is -0.325 e. The molecule has 0 saturated carbocycles. The first-order valence-electron chi connectivity index (χ1n) is 8.39. The molecule has 1 atom stereocenters. The summed E-state index contributed by atoms with van der Waals surface area (Å²) >= 11 is 6.13. The summed E-state index contributed by atoms with van der Waals surface area (Å²) in [5.74, 6) is -1.05. The molecule has 1 N–H and O–H groups in total. The topological polar surface area (TPSA) is 92.6 Å². The molecule has 1 fully saturated rings. The normalized spacial score (nSPS) is 16.5. The molecule has 0 bridgehead atoms. The maximum atomic E-state index is 12.6. The second kappa shape index (κ2) is 7.36. The minimum atomic E-state index is -0.545. The van der Waals surface area contributed by atoms with Crippen molar-refractivity contribution in [1.29, 1.82) is 0 Å². The molecule has 0 aromatic heterocycles. The number of nitrogens with zero attached hydrogens (tertiary/aromatic N) is 2. The van der Waals surface area contributed by atoms with E-state index in [0.29, 0.717) is 22.0 Å². The summed E-state index contributed by atoms with van der Waals surface area (Å²) < 4.78 is 0. The molecule has 1 unspecified atom stereocenters. The van der Waals surface area contributed by atoms with E-state index in [9.17, 15) is 19.7 Å². The van der Waals surface area contributed by atoms with Gasteiger partial charge in [-0.2, -0.15) is 0 Å². The van der Waals surface area contributed by atoms with Crippen LogP contribution in [0.2, 0.25) is 5.02 Å². The molecule has 1 saturated heterocycles. The summed E-state index contributed by atoms with van der Waals surface area (Å²) in [5.41, 5.74) is 2.24. The Morgan fingerprint density at radius 3 is 2.70 bits per heavy atom. The van der Waals surface area contributed by atoms with Crippen molar-refractivity contribution < 1.29 is 14.5 Å². The van der Waals surface area contributed by atoms with Crippen LogP contribution in [0.3, 0.4) is 0 Å². The van der Waals surface area contributed by atoms with Gasteiger partial charge in [0, 0.05) is 29.7 Å². The smallest absolute Gasteiger partial charge is 0.274 e. The highest BCUT2D eigenvalue weighted by Crippen LogP contribution is 2.30. The zero-order valence-corrected chi connectivity index (χ0v) is 15.6. The number of nitro benzene ring substituents is 1. The molecule has 1 aliphatic rings. The van der Waals surface area contributed by atoms with Gasteiger partial charge in [0.05, 0.1) is 22.1 Å². The van der Waals surface area contributed by atoms with Crippen LogP contribution in [-0.4, -0.2) is 23.3 Å². The predicted molar refractivity (Wildman–Crippen MR) is 103 cm³/mol. The molecular weight excluding hydrogens is 370 g/mol. The zero-order valence-electron chi connectivity index (χ0n) is 14.9. The van der Waals surface area contributed by atoms with Crippen LogP contribution < -0.4 is 10.2 Å². The quantitative estimate of drug-likeness (QED) is 0.636. The second-order valence-corrected chi connectivity index (χ2v) is 6.94. The van der Waals surface area contributed by atoms with Gasteiger partial charge in [0.2, 0.25) is 11.8 Å². The number of aryl methyl sites for hydroxylation is 1. The molecule has 8 heteroatoms. The molecule has 2 amide bonds. The summed E-state index contributed by atoms with van der Waals surface area (Å²) in [5, 5.41) is 14.3. The molecule has 140 valence electrons. The van der Waals surface area contributed by atoms with Gasteiger partial charge in [0.1, 0.15) is 0 Å². The number of hydrogen-bond acceptors (Lipinski definition) is 4. The minimum absolute atomic E-state index is 0.0637. The van der Waals surface area contributed by atoms with Crippen molar-refractivity contribution in [1.82, 2.24) is 0 Å². The molecule has 1 heterocycles. The van der Waals surface area contributed by atoms with Crippen LogP contribution in [-0.2, 0) is 9.59 Å². The first-order valence-corrected chi connectivity index (χ1v) is 8.77. The third-order valence-electron chi connectivity index (χ3n) is 4.72. The van der Waals surface area contributed by atoms with Gasteiger partial charge in [0.25, 0.3) is 5.69 Å². The van der Waals surface area contributed by atoms with Crippen molar-refractivity contribution in [2.75, 3.05) is 16.8 Å². The fourth-order valence-corrected chi connectivity index (χ4v) is 3.25. The highest BCUT2D eigenvalue weighted by molar-refractivity contribution is 6.31. The molecule has 1 aliphatic heterocycles. The van der Waals surface area contributed by atoms with Gasteiger partial charge in [-0.3, -0.25) is 19.7 Å². The summed E-state index contributed by atoms with van der Waals surface area (Å²) in [6, 6.07) is 9.83. The van der Waals surface area contributed by atoms with Crippen LogP contribution in [0.25, 0.3) is 0 Å². The third-order valence-corrected chi connectivity index (χ3v) is 5.13. The zero-order chi connectivity index (χ0) is 19.7. The van der Waals surface area contributed by atoms with Crippen LogP contribution in [0.1, 0.15) is 17.5 Å². The summed E-state index contributed by atoms with van der Waals surface area (Å²) in [6.45, 7) is 3.68. The molecule has 2 aromatic carbocycles. The third kappa shape index (κ3) is 3.78. The molecular formula is C19H18ClN3O4. The summed E-state index contributed by atoms with van der Waals surface area (Å²) in [7, 11) is 0. The van der Waals surface area contributed by atoms with Crippen molar-refractivity contribution in [3.63, 3.8) is 0 Å². The fraction of sp³-hybridized carbons (Fsp3) is 0.263. The maximum absolute atomic E-state index is 12.6. The number of benzene rings is 2. The van der Waals surface area contributed by atoms with Crippen molar-refractivity contribution in [3.05, 3.63) is 62.7 Å². The van der Waals surface area contributed by atoms with E-state index >= 15 is 0 Å². The molecule has 3 rings (SSSR count). The van der Waals surface area contributed by atoms with Gasteiger partial charge >= 0.3 is 0 Å². The number of nitro groups is 1. The van der Waals surface area contributed by atoms with E-state index in [1.807, 2.05) is 13.0 Å². The van der Waals surface area contributed by atoms with Crippen LogP contribution in [0.5, 0.6) is 0 Å². The summed E-state index contributed by atoms with van der Waals surface area (Å²) in [4.78, 5) is 37.1. The lowest BCUT2D eigenvalue weighted by Gasteiger charge is -2.18. The first-order chi connectivity index (χ1) is 12.8. The Morgan fingerprint density at radius 2 is 2.04 bits per heavy atom. The van der Waals surface area contributed by atoms with Gasteiger partial charge < -0.3 is 10.2 Å². The van der Waals surface area contributed by atoms with Crippen LogP contribution in [0.15, 0.2) is 36.4 Å². The highest BCUT2D eigenvalue weighted by Gasteiger charge is 2.35. The molecule has 7 nitrogen and oxygen atoms in total. The Bertz CT molecular complexity index is 945. The van der Waals surface area contributed by atoms with Gasteiger partial charge in [-0.15, -0.1) is 0 Å². The molecule has 0 spiro atoms. The van der Waals surface area contributed by atoms with Crippen molar-refractivity contribution in [2.45, 2.75) is 20.3 Å². The van der Waals surface area contributed by atoms with E-state index in [-0.39, 0.29) is 30.5 Å². The van der Waals surface area contributed by atoms with Crippen LogP contribution in [0, 0.1) is 29.9 Å². The number of anilines is 2. The Hall–Kier alpha value is -2.93. The van der Waals surface area contributed by atoms with E-state index in [4.69, 9.17) is 11.6 Å². The highest BCUT2D eigenvalue weighted by atomic mass is 35.5. The number of carbonyl (C=O) groups excluding carboxylic acids is 2. The van der Waals surface area contributed by atoms with Gasteiger partial charge in [-0.05, 0) is 37.6 Å². The number of nitrogens with one attached hydrogen (secondary N) is 1. The summed E-state index contributed by atoms with van der Waals surface area (Å²) in [6.07, 6.45) is 0.0747. The second-order valence-electron chi connectivity index (χ2n) is 6.53. The lowest BCUT2D eigenvalue weighted by molar-refractivity contribution is -0.385. The largest absolute Gasteiger partial charge is 0.325 e.